The van der Waals surface area contributed by atoms with Gasteiger partial charge in [0.05, 0.1) is 11.1 Å². The number of fused-ring (bicyclic) bond motifs is 1. The van der Waals surface area contributed by atoms with Crippen molar-refractivity contribution < 1.29 is 27.5 Å². The van der Waals surface area contributed by atoms with Crippen molar-refractivity contribution in [2.75, 3.05) is 19.8 Å². The highest BCUT2D eigenvalue weighted by atomic mass is 19.4. The maximum absolute atomic E-state index is 12.0. The lowest BCUT2D eigenvalue weighted by molar-refractivity contribution is -0.174. The van der Waals surface area contributed by atoms with E-state index in [1.54, 1.807) is 24.3 Å². The Morgan fingerprint density at radius 1 is 1.00 bits per heavy atom. The molecule has 0 unspecified atom stereocenters. The summed E-state index contributed by atoms with van der Waals surface area (Å²) >= 11 is 0. The van der Waals surface area contributed by atoms with E-state index < -0.39 is 12.8 Å². The lowest BCUT2D eigenvalue weighted by atomic mass is 10.1. The number of halogens is 3. The van der Waals surface area contributed by atoms with E-state index in [4.69, 9.17) is 0 Å². The van der Waals surface area contributed by atoms with Crippen molar-refractivity contribution in [1.82, 2.24) is 4.90 Å². The van der Waals surface area contributed by atoms with Gasteiger partial charge in [-0.25, -0.2) is 0 Å². The highest BCUT2D eigenvalue weighted by molar-refractivity contribution is 6.21. The maximum Gasteiger partial charge on any atom is 0.411 e. The number of nitrogens with zero attached hydrogens (tertiary/aromatic N) is 1. The summed E-state index contributed by atoms with van der Waals surface area (Å²) in [4.78, 5) is 25.1. The van der Waals surface area contributed by atoms with Crippen LogP contribution >= 0.6 is 0 Å². The molecule has 2 rings (SSSR count). The third-order valence-electron chi connectivity index (χ3n) is 3.06. The van der Waals surface area contributed by atoms with Crippen molar-refractivity contribution in [2.45, 2.75) is 19.0 Å². The molecular formula is C14H14F3NO3. The summed E-state index contributed by atoms with van der Waals surface area (Å²) in [5.74, 6) is -0.710. The van der Waals surface area contributed by atoms with Crippen molar-refractivity contribution in [2.24, 2.45) is 0 Å². The van der Waals surface area contributed by atoms with Crippen LogP contribution in [0.2, 0.25) is 0 Å². The maximum atomic E-state index is 12.0. The molecule has 0 aliphatic carbocycles. The molecule has 1 aliphatic rings. The first-order valence-electron chi connectivity index (χ1n) is 6.50. The number of imide groups is 1. The quantitative estimate of drug-likeness (QED) is 0.599. The number of alkyl halides is 3. The Labute approximate surface area is 119 Å². The summed E-state index contributed by atoms with van der Waals surface area (Å²) in [6.45, 7) is -1.15. The van der Waals surface area contributed by atoms with Crippen LogP contribution in [-0.2, 0) is 4.74 Å². The first-order valence-corrected chi connectivity index (χ1v) is 6.50. The van der Waals surface area contributed by atoms with Gasteiger partial charge in [-0.2, -0.15) is 13.2 Å². The molecule has 114 valence electrons. The highest BCUT2D eigenvalue weighted by Crippen LogP contribution is 2.22. The zero-order chi connectivity index (χ0) is 15.5. The summed E-state index contributed by atoms with van der Waals surface area (Å²) in [7, 11) is 0. The molecule has 0 atom stereocenters. The van der Waals surface area contributed by atoms with Gasteiger partial charge in [-0.3, -0.25) is 14.5 Å². The molecule has 1 aromatic carbocycles. The summed E-state index contributed by atoms with van der Waals surface area (Å²) in [6.07, 6.45) is -3.57. The predicted molar refractivity (Wildman–Crippen MR) is 67.9 cm³/mol. The average molecular weight is 301 g/mol. The zero-order valence-electron chi connectivity index (χ0n) is 11.2. The molecule has 0 fully saturated rings. The average Bonchev–Trinajstić information content (AvgIpc) is 2.66. The number of carbonyl (C=O) groups excluding carboxylic acids is 2. The van der Waals surface area contributed by atoms with E-state index in [9.17, 15) is 22.8 Å². The van der Waals surface area contributed by atoms with Gasteiger partial charge in [0.2, 0.25) is 0 Å². The fourth-order valence-electron chi connectivity index (χ4n) is 2.10. The van der Waals surface area contributed by atoms with E-state index >= 15 is 0 Å². The van der Waals surface area contributed by atoms with Crippen LogP contribution < -0.4 is 0 Å². The van der Waals surface area contributed by atoms with Crippen molar-refractivity contribution in [3.8, 4) is 0 Å². The highest BCUT2D eigenvalue weighted by Gasteiger charge is 2.34. The summed E-state index contributed by atoms with van der Waals surface area (Å²) in [5, 5.41) is 0. The van der Waals surface area contributed by atoms with Gasteiger partial charge in [-0.05, 0) is 25.0 Å². The summed E-state index contributed by atoms with van der Waals surface area (Å²) in [6, 6.07) is 6.53. The lowest BCUT2D eigenvalue weighted by Gasteiger charge is -2.13. The number of hydrogen-bond acceptors (Lipinski definition) is 3. The Balaban J connectivity index is 1.76. The van der Waals surface area contributed by atoms with Gasteiger partial charge in [0, 0.05) is 13.2 Å². The number of ether oxygens (including phenoxy) is 1. The van der Waals surface area contributed by atoms with Crippen LogP contribution in [0.4, 0.5) is 13.2 Å². The topological polar surface area (TPSA) is 46.6 Å². The molecule has 1 aromatic rings. The molecule has 0 N–H and O–H groups in total. The van der Waals surface area contributed by atoms with Crippen molar-refractivity contribution in [3.63, 3.8) is 0 Å². The van der Waals surface area contributed by atoms with Crippen LogP contribution in [0.1, 0.15) is 33.6 Å². The van der Waals surface area contributed by atoms with Crippen LogP contribution in [0, 0.1) is 0 Å². The minimum atomic E-state index is -4.33. The molecule has 0 bridgehead atoms. The van der Waals surface area contributed by atoms with Gasteiger partial charge < -0.3 is 4.74 Å². The molecule has 4 nitrogen and oxygen atoms in total. The first-order chi connectivity index (χ1) is 9.90. The van der Waals surface area contributed by atoms with Crippen LogP contribution in [-0.4, -0.2) is 42.6 Å². The van der Waals surface area contributed by atoms with Gasteiger partial charge in [-0.1, -0.05) is 12.1 Å². The van der Waals surface area contributed by atoms with Gasteiger partial charge in [-0.15, -0.1) is 0 Å². The number of amides is 2. The molecule has 2 amide bonds. The van der Waals surface area contributed by atoms with Crippen LogP contribution in [0.15, 0.2) is 24.3 Å². The molecule has 7 heteroatoms. The number of benzene rings is 1. The Hall–Kier alpha value is -1.89. The smallest absolute Gasteiger partial charge is 0.372 e. The SMILES string of the molecule is O=C1c2ccccc2C(=O)N1CCCCOCC(F)(F)F. The van der Waals surface area contributed by atoms with Crippen molar-refractivity contribution in [1.29, 1.82) is 0 Å². The minimum absolute atomic E-state index is 0.0529. The molecule has 0 radical (unpaired) electrons. The van der Waals surface area contributed by atoms with E-state index in [0.29, 0.717) is 24.0 Å². The van der Waals surface area contributed by atoms with Crippen LogP contribution in [0.5, 0.6) is 0 Å². The number of carbonyl (C=O) groups is 2. The Kier molecular flexibility index (Phi) is 4.62. The van der Waals surface area contributed by atoms with Crippen molar-refractivity contribution in [3.05, 3.63) is 35.4 Å². The molecule has 1 aliphatic heterocycles. The van der Waals surface area contributed by atoms with Gasteiger partial charge >= 0.3 is 6.18 Å². The summed E-state index contributed by atoms with van der Waals surface area (Å²) < 4.78 is 40.0. The Morgan fingerprint density at radius 2 is 1.57 bits per heavy atom. The van der Waals surface area contributed by atoms with Crippen LogP contribution in [0.3, 0.4) is 0 Å². The van der Waals surface area contributed by atoms with Gasteiger partial charge in [0.1, 0.15) is 6.61 Å². The lowest BCUT2D eigenvalue weighted by Crippen LogP contribution is -2.30. The standard InChI is InChI=1S/C14H14F3NO3/c15-14(16,17)9-21-8-4-3-7-18-12(19)10-5-1-2-6-11(10)13(18)20/h1-2,5-6H,3-4,7-9H2. The van der Waals surface area contributed by atoms with E-state index in [-0.39, 0.29) is 25.0 Å². The minimum Gasteiger partial charge on any atom is -0.372 e. The molecule has 0 saturated heterocycles. The predicted octanol–water partition coefficient (Wildman–Crippen LogP) is 2.64. The first kappa shape index (κ1) is 15.5. The number of rotatable bonds is 6. The Morgan fingerprint density at radius 3 is 2.10 bits per heavy atom. The molecule has 0 aromatic heterocycles. The molecule has 21 heavy (non-hydrogen) atoms. The van der Waals surface area contributed by atoms with Crippen molar-refractivity contribution >= 4 is 11.8 Å². The third kappa shape index (κ3) is 3.81. The summed E-state index contributed by atoms with van der Waals surface area (Å²) in [5.41, 5.74) is 0.742. The molecule has 1 heterocycles. The van der Waals surface area contributed by atoms with Crippen LogP contribution in [0.25, 0.3) is 0 Å². The second-order valence-electron chi connectivity index (χ2n) is 4.68. The second kappa shape index (κ2) is 6.26. The molecule has 0 saturated carbocycles. The molecule has 0 spiro atoms. The van der Waals surface area contributed by atoms with Gasteiger partial charge in [0.15, 0.2) is 0 Å². The fourth-order valence-corrected chi connectivity index (χ4v) is 2.10. The van der Waals surface area contributed by atoms with Gasteiger partial charge in [0.25, 0.3) is 11.8 Å². The second-order valence-corrected chi connectivity index (χ2v) is 4.68. The largest absolute Gasteiger partial charge is 0.411 e. The zero-order valence-corrected chi connectivity index (χ0v) is 11.2. The van der Waals surface area contributed by atoms with E-state index in [0.717, 1.165) is 4.90 Å². The van der Waals surface area contributed by atoms with E-state index in [2.05, 4.69) is 4.74 Å². The molecular weight excluding hydrogens is 287 g/mol. The van der Waals surface area contributed by atoms with E-state index in [1.807, 2.05) is 0 Å². The fraction of sp³-hybridized carbons (Fsp3) is 0.429. The third-order valence-corrected chi connectivity index (χ3v) is 3.06. The number of hydrogen-bond donors (Lipinski definition) is 0. The van der Waals surface area contributed by atoms with E-state index in [1.165, 1.54) is 0 Å². The Bertz CT molecular complexity index is 508. The number of unbranched alkanes of at least 4 members (excludes halogenated alkanes) is 1. The normalized spacial score (nSPS) is 14.7. The monoisotopic (exact) mass is 301 g/mol.